The molecule has 9 nitrogen and oxygen atoms in total. The average Bonchev–Trinajstić information content (AvgIpc) is 3.29. The Hall–Kier alpha value is -2.79. The number of aliphatic hydroxyl groups is 2. The number of hydrogen-bond donors (Lipinski definition) is 5. The van der Waals surface area contributed by atoms with E-state index in [1.54, 1.807) is 4.90 Å². The summed E-state index contributed by atoms with van der Waals surface area (Å²) in [6, 6.07) is 10.00. The van der Waals surface area contributed by atoms with Gasteiger partial charge in [-0.3, -0.25) is 16.5 Å². The summed E-state index contributed by atoms with van der Waals surface area (Å²) in [6.07, 6.45) is 6.62. The molecule has 1 atom stereocenters. The third-order valence-corrected chi connectivity index (χ3v) is 4.69. The molecule has 0 radical (unpaired) electrons. The van der Waals surface area contributed by atoms with Crippen molar-refractivity contribution in [2.45, 2.75) is 59.6 Å². The molecular formula is C26H45N5O4. The molecule has 1 unspecified atom stereocenters. The van der Waals surface area contributed by atoms with E-state index < -0.39 is 0 Å². The summed E-state index contributed by atoms with van der Waals surface area (Å²) >= 11 is 0. The van der Waals surface area contributed by atoms with Crippen molar-refractivity contribution in [3.05, 3.63) is 35.4 Å². The largest absolute Gasteiger partial charge is 0.396 e. The number of rotatable bonds is 6. The summed E-state index contributed by atoms with van der Waals surface area (Å²) in [6.45, 7) is 11.8. The number of nitriles is 1. The van der Waals surface area contributed by atoms with Crippen LogP contribution in [-0.2, 0) is 16.1 Å². The van der Waals surface area contributed by atoms with Crippen LogP contribution in [0, 0.1) is 35.0 Å². The Bertz CT molecular complexity index is 740. The normalized spacial score (nSPS) is 13.7. The zero-order valence-electron chi connectivity index (χ0n) is 22.0. The fraction of sp³-hybridized carbons (Fsp3) is 0.577. The Balaban J connectivity index is -0.000000449. The summed E-state index contributed by atoms with van der Waals surface area (Å²) in [5.41, 5.74) is 2.04. The standard InChI is InChI=1S/C11H21NO3.C10H11N.C4H7N.CH2O.H4N2/c1-11(2,4-6-13)7-10(15)12-5-3-9(14)8-12;1-3-9-4-6-10(7-5-9)8-11-2;1-4(2)3-5;2*1-2/h9,13-14H,3-8H2,1-2H3;1,4-7,11H,8H2,2H3;4H,1-2H3;1H2;1-2H2. The van der Waals surface area contributed by atoms with E-state index in [1.165, 1.54) is 5.56 Å². The molecule has 0 aromatic heterocycles. The maximum atomic E-state index is 11.8. The lowest BCUT2D eigenvalue weighted by Crippen LogP contribution is -2.33. The monoisotopic (exact) mass is 491 g/mol. The van der Waals surface area contributed by atoms with Crippen LogP contribution in [-0.4, -0.2) is 60.7 Å². The number of hydrazine groups is 1. The van der Waals surface area contributed by atoms with Crippen LogP contribution < -0.4 is 17.0 Å². The van der Waals surface area contributed by atoms with E-state index >= 15 is 0 Å². The number of carbonyl (C=O) groups excluding carboxylic acids is 2. The minimum absolute atomic E-state index is 0.0880. The van der Waals surface area contributed by atoms with Crippen LogP contribution in [0.2, 0.25) is 0 Å². The number of aliphatic hydroxyl groups excluding tert-OH is 2. The zero-order valence-corrected chi connectivity index (χ0v) is 22.0. The average molecular weight is 492 g/mol. The molecule has 1 amide bonds. The number of likely N-dealkylation sites (tertiary alicyclic amines) is 1. The predicted molar refractivity (Wildman–Crippen MR) is 140 cm³/mol. The molecule has 35 heavy (non-hydrogen) atoms. The molecule has 1 saturated heterocycles. The molecule has 0 saturated carbocycles. The van der Waals surface area contributed by atoms with Gasteiger partial charge in [0.05, 0.1) is 12.2 Å². The highest BCUT2D eigenvalue weighted by molar-refractivity contribution is 5.77. The number of nitrogens with zero attached hydrogens (tertiary/aromatic N) is 2. The van der Waals surface area contributed by atoms with E-state index in [1.807, 2.05) is 71.9 Å². The van der Waals surface area contributed by atoms with Gasteiger partial charge in [-0.25, -0.2) is 0 Å². The minimum atomic E-state index is -0.352. The number of carbonyl (C=O) groups is 2. The minimum Gasteiger partial charge on any atom is -0.396 e. The van der Waals surface area contributed by atoms with Crippen LogP contribution >= 0.6 is 0 Å². The Morgan fingerprint density at radius 1 is 1.31 bits per heavy atom. The first-order valence-electron chi connectivity index (χ1n) is 11.4. The van der Waals surface area contributed by atoms with Gasteiger partial charge in [-0.1, -0.05) is 31.9 Å². The summed E-state index contributed by atoms with van der Waals surface area (Å²) in [5, 5.41) is 29.1. The van der Waals surface area contributed by atoms with Crippen LogP contribution in [0.1, 0.15) is 58.1 Å². The smallest absolute Gasteiger partial charge is 0.223 e. The van der Waals surface area contributed by atoms with Gasteiger partial charge in [0.2, 0.25) is 5.91 Å². The summed E-state index contributed by atoms with van der Waals surface area (Å²) in [7, 11) is 1.93. The summed E-state index contributed by atoms with van der Waals surface area (Å²) in [4.78, 5) is 21.5. The summed E-state index contributed by atoms with van der Waals surface area (Å²) in [5.74, 6) is 10.9. The number of amides is 1. The molecule has 1 aromatic carbocycles. The number of hydrogen-bond acceptors (Lipinski definition) is 8. The molecule has 1 aliphatic heterocycles. The van der Waals surface area contributed by atoms with Gasteiger partial charge in [-0.05, 0) is 56.8 Å². The third-order valence-electron chi connectivity index (χ3n) is 4.69. The number of β-amino-alcohol motifs (C(OH)–C–C–N with tert-alkyl or cyclic N) is 1. The van der Waals surface area contributed by atoms with Gasteiger partial charge in [0.25, 0.3) is 0 Å². The van der Waals surface area contributed by atoms with Gasteiger partial charge in [-0.2, -0.15) is 5.26 Å². The second-order valence-electron chi connectivity index (χ2n) is 8.75. The maximum Gasteiger partial charge on any atom is 0.223 e. The molecule has 0 bridgehead atoms. The van der Waals surface area contributed by atoms with Gasteiger partial charge >= 0.3 is 0 Å². The third kappa shape index (κ3) is 20.3. The van der Waals surface area contributed by atoms with Gasteiger partial charge in [0, 0.05) is 44.1 Å². The number of benzene rings is 1. The van der Waals surface area contributed by atoms with Crippen molar-refractivity contribution >= 4 is 12.7 Å². The Kier molecular flexibility index (Phi) is 24.1. The van der Waals surface area contributed by atoms with E-state index in [0.29, 0.717) is 32.4 Å². The molecule has 0 aliphatic carbocycles. The van der Waals surface area contributed by atoms with Crippen molar-refractivity contribution in [2.24, 2.45) is 23.0 Å². The first-order chi connectivity index (χ1) is 16.6. The Morgan fingerprint density at radius 3 is 2.17 bits per heavy atom. The quantitative estimate of drug-likeness (QED) is 0.227. The molecule has 1 heterocycles. The van der Waals surface area contributed by atoms with Crippen molar-refractivity contribution in [2.75, 3.05) is 26.7 Å². The van der Waals surface area contributed by atoms with Gasteiger partial charge < -0.3 is 25.2 Å². The number of nitrogens with one attached hydrogen (secondary N) is 1. The van der Waals surface area contributed by atoms with Crippen molar-refractivity contribution < 1.29 is 19.8 Å². The molecule has 2 rings (SSSR count). The Morgan fingerprint density at radius 2 is 1.83 bits per heavy atom. The zero-order chi connectivity index (χ0) is 27.9. The Labute approximate surface area is 211 Å². The van der Waals surface area contributed by atoms with Crippen molar-refractivity contribution in [3.8, 4) is 18.4 Å². The van der Waals surface area contributed by atoms with E-state index in [0.717, 1.165) is 12.1 Å². The molecule has 7 N–H and O–H groups in total. The molecule has 0 spiro atoms. The highest BCUT2D eigenvalue weighted by Crippen LogP contribution is 2.26. The molecule has 1 aliphatic rings. The van der Waals surface area contributed by atoms with Gasteiger partial charge in [0.1, 0.15) is 6.79 Å². The molecule has 1 fully saturated rings. The van der Waals surface area contributed by atoms with Crippen LogP contribution in [0.5, 0.6) is 0 Å². The lowest BCUT2D eigenvalue weighted by Gasteiger charge is -2.26. The van der Waals surface area contributed by atoms with E-state index in [2.05, 4.69) is 22.9 Å². The molecule has 1 aromatic rings. The van der Waals surface area contributed by atoms with Gasteiger partial charge in [0.15, 0.2) is 0 Å². The number of terminal acetylenes is 1. The van der Waals surface area contributed by atoms with Crippen LogP contribution in [0.15, 0.2) is 24.3 Å². The number of nitrogens with two attached hydrogens (primary N) is 2. The molecule has 9 heteroatoms. The fourth-order valence-corrected chi connectivity index (χ4v) is 2.80. The van der Waals surface area contributed by atoms with Crippen molar-refractivity contribution in [1.82, 2.24) is 10.2 Å². The second-order valence-corrected chi connectivity index (χ2v) is 8.75. The van der Waals surface area contributed by atoms with Crippen molar-refractivity contribution in [3.63, 3.8) is 0 Å². The topological polar surface area (TPSA) is 166 Å². The molecular weight excluding hydrogens is 446 g/mol. The summed E-state index contributed by atoms with van der Waals surface area (Å²) < 4.78 is 0. The van der Waals surface area contributed by atoms with E-state index in [4.69, 9.17) is 21.6 Å². The van der Waals surface area contributed by atoms with E-state index in [-0.39, 0.29) is 30.0 Å². The van der Waals surface area contributed by atoms with Gasteiger partial charge in [-0.15, -0.1) is 6.42 Å². The highest BCUT2D eigenvalue weighted by Gasteiger charge is 2.29. The first kappa shape index (κ1) is 36.8. The maximum absolute atomic E-state index is 11.8. The first-order valence-corrected chi connectivity index (χ1v) is 11.4. The van der Waals surface area contributed by atoms with Crippen LogP contribution in [0.25, 0.3) is 0 Å². The van der Waals surface area contributed by atoms with Crippen LogP contribution in [0.4, 0.5) is 0 Å². The SMILES string of the molecule is C#Cc1ccc(CNC)cc1.C=O.CC(C)(CCO)CC(=O)N1CCC(O)C1.CC(C)C#N.NN. The fourth-order valence-electron chi connectivity index (χ4n) is 2.80. The highest BCUT2D eigenvalue weighted by atomic mass is 16.3. The van der Waals surface area contributed by atoms with Crippen LogP contribution in [0.3, 0.4) is 0 Å². The lowest BCUT2D eigenvalue weighted by atomic mass is 9.85. The predicted octanol–water partition coefficient (Wildman–Crippen LogP) is 1.57. The molecule has 198 valence electrons. The van der Waals surface area contributed by atoms with E-state index in [9.17, 15) is 9.90 Å². The van der Waals surface area contributed by atoms with Crippen molar-refractivity contribution in [1.29, 1.82) is 5.26 Å². The second kappa shape index (κ2) is 23.0. The lowest BCUT2D eigenvalue weighted by molar-refractivity contribution is -0.132.